The zero-order valence-corrected chi connectivity index (χ0v) is 10.6. The summed E-state index contributed by atoms with van der Waals surface area (Å²) < 4.78 is 24.2. The minimum atomic E-state index is -2.92. The molecule has 0 saturated carbocycles. The summed E-state index contributed by atoms with van der Waals surface area (Å²) in [6, 6.07) is 7.97. The molecule has 1 aromatic carbocycles. The van der Waals surface area contributed by atoms with Crippen LogP contribution in [0.4, 0.5) is 0 Å². The summed E-state index contributed by atoms with van der Waals surface area (Å²) in [4.78, 5) is 0. The highest BCUT2D eigenvalue weighted by molar-refractivity contribution is 7.90. The van der Waals surface area contributed by atoms with Crippen LogP contribution < -0.4 is 5.73 Å². The monoisotopic (exact) mass is 252 g/mol. The molecule has 0 aliphatic rings. The first-order chi connectivity index (χ1) is 7.99. The van der Waals surface area contributed by atoms with Crippen LogP contribution in [0.15, 0.2) is 30.5 Å². The first-order valence-corrected chi connectivity index (χ1v) is 7.51. The van der Waals surface area contributed by atoms with Crippen LogP contribution >= 0.6 is 0 Å². The lowest BCUT2D eigenvalue weighted by atomic mass is 10.1. The Morgan fingerprint density at radius 1 is 1.29 bits per heavy atom. The average molecular weight is 252 g/mol. The summed E-state index contributed by atoms with van der Waals surface area (Å²) in [5.41, 5.74) is 7.71. The van der Waals surface area contributed by atoms with Gasteiger partial charge in [0.1, 0.15) is 9.84 Å². The van der Waals surface area contributed by atoms with Crippen molar-refractivity contribution < 1.29 is 8.42 Å². The number of aryl methyl sites for hydroxylation is 1. The van der Waals surface area contributed by atoms with E-state index in [-0.39, 0.29) is 5.75 Å². The van der Waals surface area contributed by atoms with Gasteiger partial charge in [-0.25, -0.2) is 8.42 Å². The average Bonchev–Trinajstić information content (AvgIpc) is 2.67. The van der Waals surface area contributed by atoms with Crippen LogP contribution in [0.2, 0.25) is 0 Å². The first-order valence-electron chi connectivity index (χ1n) is 5.45. The Hall–Kier alpha value is -1.33. The molecule has 0 unspecified atom stereocenters. The van der Waals surface area contributed by atoms with Gasteiger partial charge in [-0.1, -0.05) is 6.07 Å². The standard InChI is InChI=1S/C12H16N2O2S/c1-17(15,16)7-6-14-5-4-11-8-10(9-13)2-3-12(11)14/h2-5,8H,6-7,9,13H2,1H3. The highest BCUT2D eigenvalue weighted by atomic mass is 32.2. The van der Waals surface area contributed by atoms with E-state index in [1.165, 1.54) is 6.26 Å². The maximum Gasteiger partial charge on any atom is 0.149 e. The largest absolute Gasteiger partial charge is 0.346 e. The molecule has 2 rings (SSSR count). The van der Waals surface area contributed by atoms with E-state index in [0.717, 1.165) is 16.5 Å². The third-order valence-corrected chi connectivity index (χ3v) is 3.70. The summed E-state index contributed by atoms with van der Waals surface area (Å²) in [6.45, 7) is 1.01. The molecule has 0 aliphatic carbocycles. The van der Waals surface area contributed by atoms with Gasteiger partial charge in [0.05, 0.1) is 5.75 Å². The Morgan fingerprint density at radius 3 is 2.71 bits per heavy atom. The second kappa shape index (κ2) is 4.50. The minimum absolute atomic E-state index is 0.162. The van der Waals surface area contributed by atoms with Crippen LogP contribution in [0.5, 0.6) is 0 Å². The molecule has 4 nitrogen and oxygen atoms in total. The molecule has 0 bridgehead atoms. The van der Waals surface area contributed by atoms with Crippen molar-refractivity contribution in [2.75, 3.05) is 12.0 Å². The highest BCUT2D eigenvalue weighted by Gasteiger charge is 2.05. The lowest BCUT2D eigenvalue weighted by Crippen LogP contribution is -2.10. The number of benzene rings is 1. The second-order valence-corrected chi connectivity index (χ2v) is 6.50. The molecule has 1 heterocycles. The van der Waals surface area contributed by atoms with Crippen molar-refractivity contribution >= 4 is 20.7 Å². The molecule has 0 aliphatic heterocycles. The van der Waals surface area contributed by atoms with E-state index in [4.69, 9.17) is 5.73 Å². The Kier molecular flexibility index (Phi) is 3.22. The van der Waals surface area contributed by atoms with Crippen LogP contribution in [0.25, 0.3) is 10.9 Å². The number of sulfone groups is 1. The van der Waals surface area contributed by atoms with Gasteiger partial charge in [-0.3, -0.25) is 0 Å². The fourth-order valence-corrected chi connectivity index (χ4v) is 2.36. The Morgan fingerprint density at radius 2 is 2.06 bits per heavy atom. The number of aromatic nitrogens is 1. The van der Waals surface area contributed by atoms with E-state index in [2.05, 4.69) is 0 Å². The van der Waals surface area contributed by atoms with Gasteiger partial charge >= 0.3 is 0 Å². The molecule has 0 atom stereocenters. The highest BCUT2D eigenvalue weighted by Crippen LogP contribution is 2.17. The molecule has 2 aromatic rings. The summed E-state index contributed by atoms with van der Waals surface area (Å²) in [7, 11) is -2.92. The van der Waals surface area contributed by atoms with Crippen molar-refractivity contribution in [3.63, 3.8) is 0 Å². The Labute approximate surface area is 101 Å². The van der Waals surface area contributed by atoms with Crippen molar-refractivity contribution in [3.8, 4) is 0 Å². The predicted octanol–water partition coefficient (Wildman–Crippen LogP) is 1.14. The van der Waals surface area contributed by atoms with E-state index in [1.807, 2.05) is 35.0 Å². The molecule has 0 spiro atoms. The molecular weight excluding hydrogens is 236 g/mol. The minimum Gasteiger partial charge on any atom is -0.346 e. The summed E-state index contributed by atoms with van der Waals surface area (Å²) in [5.74, 6) is 0.162. The zero-order chi connectivity index (χ0) is 12.5. The maximum atomic E-state index is 11.1. The van der Waals surface area contributed by atoms with Crippen LogP contribution in [0, 0.1) is 0 Å². The lowest BCUT2D eigenvalue weighted by molar-refractivity contribution is 0.596. The van der Waals surface area contributed by atoms with E-state index in [9.17, 15) is 8.42 Å². The Bertz CT molecular complexity index is 629. The smallest absolute Gasteiger partial charge is 0.149 e. The van der Waals surface area contributed by atoms with E-state index < -0.39 is 9.84 Å². The number of nitrogens with two attached hydrogens (primary N) is 1. The van der Waals surface area contributed by atoms with Crippen molar-refractivity contribution in [3.05, 3.63) is 36.0 Å². The molecule has 0 saturated heterocycles. The lowest BCUT2D eigenvalue weighted by Gasteiger charge is -2.05. The van der Waals surface area contributed by atoms with Crippen molar-refractivity contribution in [1.29, 1.82) is 0 Å². The molecule has 1 aromatic heterocycles. The number of hydrogen-bond acceptors (Lipinski definition) is 3. The van der Waals surface area contributed by atoms with E-state index in [1.54, 1.807) is 0 Å². The number of nitrogens with zero attached hydrogens (tertiary/aromatic N) is 1. The third kappa shape index (κ3) is 2.87. The molecule has 0 fully saturated rings. The zero-order valence-electron chi connectivity index (χ0n) is 9.76. The molecule has 2 N–H and O–H groups in total. The van der Waals surface area contributed by atoms with Crippen molar-refractivity contribution in [2.24, 2.45) is 5.73 Å². The SMILES string of the molecule is CS(=O)(=O)CCn1ccc2cc(CN)ccc21. The van der Waals surface area contributed by atoms with E-state index in [0.29, 0.717) is 13.1 Å². The fraction of sp³-hybridized carbons (Fsp3) is 0.333. The van der Waals surface area contributed by atoms with Crippen LogP contribution in [0.3, 0.4) is 0 Å². The topological polar surface area (TPSA) is 65.1 Å². The summed E-state index contributed by atoms with van der Waals surface area (Å²) in [6.07, 6.45) is 3.17. The summed E-state index contributed by atoms with van der Waals surface area (Å²) >= 11 is 0. The second-order valence-electron chi connectivity index (χ2n) is 4.24. The molecule has 0 radical (unpaired) electrons. The third-order valence-electron chi connectivity index (χ3n) is 2.77. The van der Waals surface area contributed by atoms with Gasteiger partial charge in [0.2, 0.25) is 0 Å². The van der Waals surface area contributed by atoms with Gasteiger partial charge in [-0.2, -0.15) is 0 Å². The Balaban J connectivity index is 2.30. The van der Waals surface area contributed by atoms with Crippen LogP contribution in [-0.4, -0.2) is 25.0 Å². The summed E-state index contributed by atoms with van der Waals surface area (Å²) in [5, 5.41) is 1.10. The number of fused-ring (bicyclic) bond motifs is 1. The van der Waals surface area contributed by atoms with Crippen LogP contribution in [0.1, 0.15) is 5.56 Å². The van der Waals surface area contributed by atoms with Gasteiger partial charge in [-0.15, -0.1) is 0 Å². The van der Waals surface area contributed by atoms with Gasteiger partial charge in [0, 0.05) is 31.1 Å². The fourth-order valence-electron chi connectivity index (χ4n) is 1.84. The number of hydrogen-bond donors (Lipinski definition) is 1. The molecule has 17 heavy (non-hydrogen) atoms. The number of rotatable bonds is 4. The van der Waals surface area contributed by atoms with Crippen molar-refractivity contribution in [2.45, 2.75) is 13.1 Å². The van der Waals surface area contributed by atoms with Gasteiger partial charge in [0.15, 0.2) is 0 Å². The molecule has 0 amide bonds. The normalized spacial score (nSPS) is 12.1. The molecule has 92 valence electrons. The quantitative estimate of drug-likeness (QED) is 0.887. The van der Waals surface area contributed by atoms with Gasteiger partial charge in [0.25, 0.3) is 0 Å². The predicted molar refractivity (Wildman–Crippen MR) is 69.5 cm³/mol. The van der Waals surface area contributed by atoms with Crippen LogP contribution in [-0.2, 0) is 22.9 Å². The van der Waals surface area contributed by atoms with E-state index >= 15 is 0 Å². The molecular formula is C12H16N2O2S. The first kappa shape index (κ1) is 12.1. The maximum absolute atomic E-state index is 11.1. The molecule has 5 heteroatoms. The van der Waals surface area contributed by atoms with Gasteiger partial charge < -0.3 is 10.3 Å². The van der Waals surface area contributed by atoms with Crippen molar-refractivity contribution in [1.82, 2.24) is 4.57 Å². The van der Waals surface area contributed by atoms with Gasteiger partial charge in [-0.05, 0) is 29.1 Å².